The van der Waals surface area contributed by atoms with Gasteiger partial charge in [0.2, 0.25) is 0 Å². The van der Waals surface area contributed by atoms with Gasteiger partial charge in [0.05, 0.1) is 0 Å². The van der Waals surface area contributed by atoms with Crippen LogP contribution in [-0.2, 0) is 11.2 Å². The molecule has 1 heterocycles. The third-order valence-electron chi connectivity index (χ3n) is 2.24. The normalized spacial score (nSPS) is 13.2. The Morgan fingerprint density at radius 2 is 2.22 bits per heavy atom. The number of rotatable bonds is 4. The van der Waals surface area contributed by atoms with Crippen molar-refractivity contribution in [2.75, 3.05) is 6.54 Å². The predicted molar refractivity (Wildman–Crippen MR) is 75.0 cm³/mol. The van der Waals surface area contributed by atoms with Crippen molar-refractivity contribution in [3.8, 4) is 0 Å². The molecule has 4 nitrogen and oxygen atoms in total. The molecule has 1 atom stereocenters. The number of nitrogens with two attached hydrogens (primary N) is 1. The van der Waals surface area contributed by atoms with Crippen LogP contribution >= 0.6 is 11.3 Å². The quantitative estimate of drug-likeness (QED) is 0.883. The van der Waals surface area contributed by atoms with Crippen LogP contribution < -0.4 is 11.1 Å². The van der Waals surface area contributed by atoms with Crippen LogP contribution in [-0.4, -0.2) is 24.3 Å². The van der Waals surface area contributed by atoms with Crippen molar-refractivity contribution in [1.29, 1.82) is 0 Å². The Morgan fingerprint density at radius 1 is 1.56 bits per heavy atom. The van der Waals surface area contributed by atoms with E-state index in [4.69, 9.17) is 10.5 Å². The molecule has 1 amide bonds. The summed E-state index contributed by atoms with van der Waals surface area (Å²) < 4.78 is 5.21. The van der Waals surface area contributed by atoms with E-state index in [1.165, 1.54) is 10.4 Å². The number of alkyl carbamates (subject to hydrolysis) is 1. The van der Waals surface area contributed by atoms with Crippen molar-refractivity contribution in [2.45, 2.75) is 45.8 Å². The maximum atomic E-state index is 11.6. The summed E-state index contributed by atoms with van der Waals surface area (Å²) in [5.41, 5.74) is 6.43. The Labute approximate surface area is 113 Å². The molecule has 0 aliphatic carbocycles. The van der Waals surface area contributed by atoms with Gasteiger partial charge in [-0.25, -0.2) is 4.79 Å². The number of hydrogen-bond donors (Lipinski definition) is 2. The number of amides is 1. The lowest BCUT2D eigenvalue weighted by Crippen LogP contribution is -2.44. The lowest BCUT2D eigenvalue weighted by atomic mass is 10.1. The molecular formula is C13H22N2O2S. The van der Waals surface area contributed by atoms with E-state index in [0.29, 0.717) is 6.54 Å². The van der Waals surface area contributed by atoms with Crippen LogP contribution in [0.2, 0.25) is 0 Å². The topological polar surface area (TPSA) is 64.3 Å². The monoisotopic (exact) mass is 270 g/mol. The number of thiophene rings is 1. The summed E-state index contributed by atoms with van der Waals surface area (Å²) in [5, 5.41) is 4.90. The molecule has 1 unspecified atom stereocenters. The van der Waals surface area contributed by atoms with E-state index >= 15 is 0 Å². The minimum atomic E-state index is -0.483. The first-order chi connectivity index (χ1) is 8.30. The van der Waals surface area contributed by atoms with Crippen LogP contribution in [0.15, 0.2) is 11.4 Å². The maximum Gasteiger partial charge on any atom is 0.407 e. The van der Waals surface area contributed by atoms with Gasteiger partial charge in [0.15, 0.2) is 0 Å². The lowest BCUT2D eigenvalue weighted by Gasteiger charge is -2.22. The smallest absolute Gasteiger partial charge is 0.407 e. The van der Waals surface area contributed by atoms with Gasteiger partial charge in [0, 0.05) is 23.9 Å². The zero-order valence-electron chi connectivity index (χ0n) is 11.4. The molecule has 3 N–H and O–H groups in total. The van der Waals surface area contributed by atoms with E-state index in [2.05, 4.69) is 23.7 Å². The summed E-state index contributed by atoms with van der Waals surface area (Å²) in [5.74, 6) is 0. The molecule has 0 aromatic carbocycles. The predicted octanol–water partition coefficient (Wildman–Crippen LogP) is 2.45. The summed E-state index contributed by atoms with van der Waals surface area (Å²) in [6.07, 6.45) is 0.333. The second kappa shape index (κ2) is 6.20. The highest BCUT2D eigenvalue weighted by molar-refractivity contribution is 7.10. The summed E-state index contributed by atoms with van der Waals surface area (Å²) in [6, 6.07) is 2.03. The third-order valence-corrected chi connectivity index (χ3v) is 3.31. The van der Waals surface area contributed by atoms with Crippen molar-refractivity contribution < 1.29 is 9.53 Å². The maximum absolute atomic E-state index is 11.6. The number of carbonyl (C=O) groups excluding carboxylic acids is 1. The van der Waals surface area contributed by atoms with Crippen molar-refractivity contribution in [3.63, 3.8) is 0 Å². The molecule has 5 heteroatoms. The molecule has 102 valence electrons. The van der Waals surface area contributed by atoms with Gasteiger partial charge in [0.25, 0.3) is 0 Å². The van der Waals surface area contributed by atoms with E-state index in [1.54, 1.807) is 11.3 Å². The Kier molecular flexibility index (Phi) is 5.16. The molecular weight excluding hydrogens is 248 g/mol. The van der Waals surface area contributed by atoms with Crippen LogP contribution in [0.4, 0.5) is 4.79 Å². The van der Waals surface area contributed by atoms with Crippen molar-refractivity contribution in [3.05, 3.63) is 21.9 Å². The van der Waals surface area contributed by atoms with Gasteiger partial charge in [-0.15, -0.1) is 11.3 Å². The first-order valence-corrected chi connectivity index (χ1v) is 6.91. The average Bonchev–Trinajstić information content (AvgIpc) is 2.60. The summed E-state index contributed by atoms with van der Waals surface area (Å²) in [4.78, 5) is 12.9. The van der Waals surface area contributed by atoms with Gasteiger partial charge in [-0.05, 0) is 44.7 Å². The third kappa shape index (κ3) is 5.51. The van der Waals surface area contributed by atoms with Gasteiger partial charge >= 0.3 is 6.09 Å². The summed E-state index contributed by atoms with van der Waals surface area (Å²) in [6.45, 7) is 7.97. The highest BCUT2D eigenvalue weighted by atomic mass is 32.1. The standard InChI is InChI=1S/C13H22N2O2S/c1-9-5-11(18-8-9)6-10(7-14)15-12(16)17-13(2,3)4/h5,8,10H,6-7,14H2,1-4H3,(H,15,16). The first kappa shape index (κ1) is 15.0. The van der Waals surface area contributed by atoms with Gasteiger partial charge in [-0.2, -0.15) is 0 Å². The van der Waals surface area contributed by atoms with E-state index in [9.17, 15) is 4.79 Å². The Hall–Kier alpha value is -1.07. The average molecular weight is 270 g/mol. The second-order valence-electron chi connectivity index (χ2n) is 5.37. The summed E-state index contributed by atoms with van der Waals surface area (Å²) in [7, 11) is 0. The van der Waals surface area contributed by atoms with E-state index < -0.39 is 11.7 Å². The van der Waals surface area contributed by atoms with E-state index in [-0.39, 0.29) is 6.04 Å². The first-order valence-electron chi connectivity index (χ1n) is 6.04. The van der Waals surface area contributed by atoms with Crippen LogP contribution in [0.3, 0.4) is 0 Å². The zero-order valence-corrected chi connectivity index (χ0v) is 12.3. The Morgan fingerprint density at radius 3 is 2.67 bits per heavy atom. The number of hydrogen-bond acceptors (Lipinski definition) is 4. The largest absolute Gasteiger partial charge is 0.444 e. The minimum absolute atomic E-state index is 0.0853. The Balaban J connectivity index is 2.49. The van der Waals surface area contributed by atoms with Gasteiger partial charge < -0.3 is 15.8 Å². The second-order valence-corrected chi connectivity index (χ2v) is 6.37. The molecule has 18 heavy (non-hydrogen) atoms. The molecule has 0 saturated carbocycles. The van der Waals surface area contributed by atoms with Crippen molar-refractivity contribution in [2.24, 2.45) is 5.73 Å². The molecule has 0 radical (unpaired) electrons. The van der Waals surface area contributed by atoms with E-state index in [1.807, 2.05) is 20.8 Å². The fraction of sp³-hybridized carbons (Fsp3) is 0.615. The SMILES string of the molecule is Cc1csc(CC(CN)NC(=O)OC(C)(C)C)c1. The van der Waals surface area contributed by atoms with Gasteiger partial charge in [-0.3, -0.25) is 0 Å². The molecule has 0 bridgehead atoms. The fourth-order valence-corrected chi connectivity index (χ4v) is 2.46. The molecule has 0 saturated heterocycles. The summed E-state index contributed by atoms with van der Waals surface area (Å²) >= 11 is 1.69. The molecule has 1 aromatic rings. The number of carbonyl (C=O) groups is 1. The van der Waals surface area contributed by atoms with Crippen LogP contribution in [0.25, 0.3) is 0 Å². The highest BCUT2D eigenvalue weighted by Crippen LogP contribution is 2.15. The Bertz CT molecular complexity index is 396. The molecule has 0 spiro atoms. The van der Waals surface area contributed by atoms with Gasteiger partial charge in [-0.1, -0.05) is 0 Å². The van der Waals surface area contributed by atoms with Gasteiger partial charge in [0.1, 0.15) is 5.60 Å². The zero-order chi connectivity index (χ0) is 13.8. The number of nitrogens with one attached hydrogen (secondary N) is 1. The molecule has 1 aromatic heterocycles. The molecule has 0 fully saturated rings. The van der Waals surface area contributed by atoms with Crippen molar-refractivity contribution >= 4 is 17.4 Å². The lowest BCUT2D eigenvalue weighted by molar-refractivity contribution is 0.0506. The molecule has 0 aliphatic heterocycles. The highest BCUT2D eigenvalue weighted by Gasteiger charge is 2.19. The van der Waals surface area contributed by atoms with Crippen LogP contribution in [0, 0.1) is 6.92 Å². The number of ether oxygens (including phenoxy) is 1. The molecule has 0 aliphatic rings. The fourth-order valence-electron chi connectivity index (χ4n) is 1.51. The molecule has 1 rings (SSSR count). The van der Waals surface area contributed by atoms with E-state index in [0.717, 1.165) is 6.42 Å². The van der Waals surface area contributed by atoms with Crippen molar-refractivity contribution in [1.82, 2.24) is 5.32 Å². The minimum Gasteiger partial charge on any atom is -0.444 e. The van der Waals surface area contributed by atoms with Crippen LogP contribution in [0.1, 0.15) is 31.2 Å². The van der Waals surface area contributed by atoms with Crippen LogP contribution in [0.5, 0.6) is 0 Å². The number of aryl methyl sites for hydroxylation is 1.